The molecule has 110 valence electrons. The van der Waals surface area contributed by atoms with Gasteiger partial charge in [0.1, 0.15) is 0 Å². The molecule has 0 spiro atoms. The molecule has 21 heavy (non-hydrogen) atoms. The van der Waals surface area contributed by atoms with E-state index in [2.05, 4.69) is 26.0 Å². The van der Waals surface area contributed by atoms with Gasteiger partial charge in [-0.3, -0.25) is 4.72 Å². The summed E-state index contributed by atoms with van der Waals surface area (Å²) in [6, 6.07) is 12.2. The van der Waals surface area contributed by atoms with Crippen LogP contribution >= 0.6 is 15.9 Å². The number of aryl methyl sites for hydroxylation is 1. The highest BCUT2D eigenvalue weighted by atomic mass is 79.9. The van der Waals surface area contributed by atoms with E-state index in [4.69, 9.17) is 0 Å². The molecule has 1 aliphatic rings. The zero-order chi connectivity index (χ0) is 14.9. The van der Waals surface area contributed by atoms with Gasteiger partial charge >= 0.3 is 0 Å². The van der Waals surface area contributed by atoms with Crippen LogP contribution in [0.1, 0.15) is 12.0 Å². The lowest BCUT2D eigenvalue weighted by Gasteiger charge is -2.19. The van der Waals surface area contributed by atoms with Crippen LogP contribution in [0, 0.1) is 0 Å². The third-order valence-corrected chi connectivity index (χ3v) is 5.35. The summed E-state index contributed by atoms with van der Waals surface area (Å²) in [5.41, 5.74) is 2.84. The summed E-state index contributed by atoms with van der Waals surface area (Å²) in [5, 5.41) is 3.31. The highest BCUT2D eigenvalue weighted by Gasteiger charge is 2.15. The number of hydrogen-bond acceptors (Lipinski definition) is 3. The van der Waals surface area contributed by atoms with E-state index in [1.807, 2.05) is 12.1 Å². The van der Waals surface area contributed by atoms with E-state index < -0.39 is 10.0 Å². The van der Waals surface area contributed by atoms with Crippen LogP contribution in [0.15, 0.2) is 51.8 Å². The van der Waals surface area contributed by atoms with Crippen LogP contribution in [-0.4, -0.2) is 15.0 Å². The molecule has 0 aromatic heterocycles. The van der Waals surface area contributed by atoms with Crippen molar-refractivity contribution in [2.24, 2.45) is 0 Å². The van der Waals surface area contributed by atoms with Gasteiger partial charge in [-0.1, -0.05) is 15.9 Å². The Bertz CT molecular complexity index is 758. The lowest BCUT2D eigenvalue weighted by Crippen LogP contribution is -2.15. The zero-order valence-electron chi connectivity index (χ0n) is 11.3. The second-order valence-electron chi connectivity index (χ2n) is 4.96. The van der Waals surface area contributed by atoms with Gasteiger partial charge in [-0.2, -0.15) is 0 Å². The number of sulfonamides is 1. The van der Waals surface area contributed by atoms with Crippen LogP contribution in [0.4, 0.5) is 11.4 Å². The van der Waals surface area contributed by atoms with Gasteiger partial charge in [-0.05, 0) is 60.9 Å². The number of hydrogen-bond donors (Lipinski definition) is 2. The third-order valence-electron chi connectivity index (χ3n) is 3.42. The topological polar surface area (TPSA) is 58.2 Å². The largest absolute Gasteiger partial charge is 0.385 e. The first-order valence-corrected chi connectivity index (χ1v) is 8.97. The first-order valence-electron chi connectivity index (χ1n) is 6.70. The maximum absolute atomic E-state index is 12.3. The Balaban J connectivity index is 1.87. The molecular formula is C15H15BrN2O2S. The Labute approximate surface area is 132 Å². The lowest BCUT2D eigenvalue weighted by atomic mass is 10.0. The van der Waals surface area contributed by atoms with Gasteiger partial charge in [0.05, 0.1) is 4.90 Å². The van der Waals surface area contributed by atoms with Crippen molar-refractivity contribution in [1.82, 2.24) is 0 Å². The van der Waals surface area contributed by atoms with Crippen LogP contribution in [0.5, 0.6) is 0 Å². The number of nitrogens with one attached hydrogen (secondary N) is 2. The normalized spacial score (nSPS) is 14.1. The van der Waals surface area contributed by atoms with Crippen molar-refractivity contribution in [3.05, 3.63) is 52.5 Å². The molecule has 0 radical (unpaired) electrons. The van der Waals surface area contributed by atoms with Gasteiger partial charge in [0.25, 0.3) is 10.0 Å². The predicted molar refractivity (Wildman–Crippen MR) is 88.2 cm³/mol. The van der Waals surface area contributed by atoms with E-state index in [9.17, 15) is 8.42 Å². The molecule has 2 N–H and O–H groups in total. The van der Waals surface area contributed by atoms with E-state index >= 15 is 0 Å². The van der Waals surface area contributed by atoms with Crippen molar-refractivity contribution in [2.75, 3.05) is 16.6 Å². The van der Waals surface area contributed by atoms with Crippen molar-refractivity contribution < 1.29 is 8.42 Å². The number of fused-ring (bicyclic) bond motifs is 1. The maximum Gasteiger partial charge on any atom is 0.261 e. The van der Waals surface area contributed by atoms with E-state index in [1.165, 1.54) is 0 Å². The third kappa shape index (κ3) is 3.22. The minimum Gasteiger partial charge on any atom is -0.385 e. The molecule has 0 saturated heterocycles. The van der Waals surface area contributed by atoms with E-state index in [0.29, 0.717) is 5.69 Å². The van der Waals surface area contributed by atoms with Gasteiger partial charge in [0.2, 0.25) is 0 Å². The van der Waals surface area contributed by atoms with Crippen LogP contribution in [0.3, 0.4) is 0 Å². The summed E-state index contributed by atoms with van der Waals surface area (Å²) in [4.78, 5) is 0.251. The summed E-state index contributed by atoms with van der Waals surface area (Å²) in [6.45, 7) is 0.969. The summed E-state index contributed by atoms with van der Waals surface area (Å²) in [7, 11) is -3.55. The number of halogens is 1. The molecule has 0 bridgehead atoms. The number of anilines is 2. The second-order valence-corrected chi connectivity index (χ2v) is 7.56. The van der Waals surface area contributed by atoms with Gasteiger partial charge in [0, 0.05) is 22.4 Å². The summed E-state index contributed by atoms with van der Waals surface area (Å²) in [5.74, 6) is 0. The van der Waals surface area contributed by atoms with Crippen LogP contribution < -0.4 is 10.0 Å². The van der Waals surface area contributed by atoms with E-state index in [0.717, 1.165) is 35.1 Å². The van der Waals surface area contributed by atoms with Crippen LogP contribution in [-0.2, 0) is 16.4 Å². The molecule has 2 aromatic carbocycles. The SMILES string of the molecule is O=S(=O)(Nc1ccc2c(c1)CCCN2)c1ccc(Br)cc1. The molecule has 1 aliphatic heterocycles. The average molecular weight is 367 g/mol. The molecule has 0 unspecified atom stereocenters. The minimum atomic E-state index is -3.55. The number of rotatable bonds is 3. The predicted octanol–water partition coefficient (Wildman–Crippen LogP) is 3.61. The maximum atomic E-state index is 12.3. The molecule has 4 nitrogen and oxygen atoms in total. The summed E-state index contributed by atoms with van der Waals surface area (Å²) < 4.78 is 28.2. The fourth-order valence-corrected chi connectivity index (χ4v) is 3.68. The molecule has 2 aromatic rings. The quantitative estimate of drug-likeness (QED) is 0.872. The Kier molecular flexibility index (Phi) is 3.91. The monoisotopic (exact) mass is 366 g/mol. The van der Waals surface area contributed by atoms with Crippen molar-refractivity contribution >= 4 is 37.3 Å². The number of benzene rings is 2. The molecule has 0 fully saturated rings. The van der Waals surface area contributed by atoms with Crippen LogP contribution in [0.25, 0.3) is 0 Å². The highest BCUT2D eigenvalue weighted by Crippen LogP contribution is 2.26. The smallest absolute Gasteiger partial charge is 0.261 e. The summed E-state index contributed by atoms with van der Waals surface area (Å²) >= 11 is 3.30. The zero-order valence-corrected chi connectivity index (χ0v) is 13.7. The van der Waals surface area contributed by atoms with Crippen molar-refractivity contribution in [3.63, 3.8) is 0 Å². The van der Waals surface area contributed by atoms with E-state index in [1.54, 1.807) is 30.3 Å². The highest BCUT2D eigenvalue weighted by molar-refractivity contribution is 9.10. The lowest BCUT2D eigenvalue weighted by molar-refractivity contribution is 0.601. The van der Waals surface area contributed by atoms with Gasteiger partial charge in [-0.15, -0.1) is 0 Å². The molecular weight excluding hydrogens is 352 g/mol. The Morgan fingerprint density at radius 3 is 2.62 bits per heavy atom. The fraction of sp³-hybridized carbons (Fsp3) is 0.200. The minimum absolute atomic E-state index is 0.251. The Morgan fingerprint density at radius 2 is 1.86 bits per heavy atom. The van der Waals surface area contributed by atoms with Gasteiger partial charge < -0.3 is 5.32 Å². The fourth-order valence-electron chi connectivity index (χ4n) is 2.37. The molecule has 0 atom stereocenters. The van der Waals surface area contributed by atoms with Crippen molar-refractivity contribution in [1.29, 1.82) is 0 Å². The van der Waals surface area contributed by atoms with E-state index in [-0.39, 0.29) is 4.90 Å². The average Bonchev–Trinajstić information content (AvgIpc) is 2.47. The molecule has 3 rings (SSSR count). The molecule has 0 amide bonds. The van der Waals surface area contributed by atoms with Gasteiger partial charge in [-0.25, -0.2) is 8.42 Å². The van der Waals surface area contributed by atoms with Crippen LogP contribution in [0.2, 0.25) is 0 Å². The first-order chi connectivity index (χ1) is 10.0. The van der Waals surface area contributed by atoms with Crippen molar-refractivity contribution in [3.8, 4) is 0 Å². The molecule has 1 heterocycles. The van der Waals surface area contributed by atoms with Gasteiger partial charge in [0.15, 0.2) is 0 Å². The Hall–Kier alpha value is -1.53. The molecule has 0 saturated carbocycles. The first kappa shape index (κ1) is 14.4. The Morgan fingerprint density at radius 1 is 1.10 bits per heavy atom. The molecule has 0 aliphatic carbocycles. The standard InChI is InChI=1S/C15H15BrN2O2S/c16-12-3-6-14(7-4-12)21(19,20)18-13-5-8-15-11(10-13)2-1-9-17-15/h3-8,10,17-18H,1-2,9H2. The molecule has 6 heteroatoms. The second kappa shape index (κ2) is 5.69. The summed E-state index contributed by atoms with van der Waals surface area (Å²) in [6.07, 6.45) is 2.03. The van der Waals surface area contributed by atoms with Crippen molar-refractivity contribution in [2.45, 2.75) is 17.7 Å².